The first kappa shape index (κ1) is 11.5. The van der Waals surface area contributed by atoms with Crippen molar-refractivity contribution in [2.24, 2.45) is 0 Å². The van der Waals surface area contributed by atoms with Crippen molar-refractivity contribution in [3.63, 3.8) is 0 Å². The molecule has 76 valence electrons. The average Bonchev–Trinajstić information content (AvgIpc) is 2.13. The van der Waals surface area contributed by atoms with E-state index in [1.165, 1.54) is 25.0 Å². The molecule has 0 aromatic carbocycles. The first-order chi connectivity index (χ1) is 6.15. The summed E-state index contributed by atoms with van der Waals surface area (Å²) in [6.45, 7) is 6.57. The molecule has 3 heteroatoms. The van der Waals surface area contributed by atoms with Crippen LogP contribution in [-0.4, -0.2) is 28.9 Å². The molecule has 0 aliphatic carbocycles. The van der Waals surface area contributed by atoms with Gasteiger partial charge in [0.25, 0.3) is 0 Å². The van der Waals surface area contributed by atoms with Crippen LogP contribution in [0.3, 0.4) is 0 Å². The summed E-state index contributed by atoms with van der Waals surface area (Å²) in [6, 6.07) is 0.625. The fourth-order valence-electron chi connectivity index (χ4n) is 1.74. The van der Waals surface area contributed by atoms with Crippen LogP contribution >= 0.6 is 27.5 Å². The Morgan fingerprint density at radius 3 is 3.00 bits per heavy atom. The zero-order valence-electron chi connectivity index (χ0n) is 8.26. The normalized spacial score (nSPS) is 32.2. The summed E-state index contributed by atoms with van der Waals surface area (Å²) in [7, 11) is 0. The van der Waals surface area contributed by atoms with Crippen LogP contribution in [0.25, 0.3) is 0 Å². The standard InChI is InChI=1S/C10H17BrClN/c1-8(6-12)7-13-5-3-4-10(11)9(13)2/h6,9-10H,3-5,7H2,1-2H3/b8-6+. The third kappa shape index (κ3) is 3.26. The van der Waals surface area contributed by atoms with Gasteiger partial charge in [-0.1, -0.05) is 27.5 Å². The molecule has 2 unspecified atom stereocenters. The molecule has 13 heavy (non-hydrogen) atoms. The maximum absolute atomic E-state index is 5.65. The van der Waals surface area contributed by atoms with Crippen molar-refractivity contribution >= 4 is 27.5 Å². The lowest BCUT2D eigenvalue weighted by atomic mass is 10.0. The number of halogens is 2. The van der Waals surface area contributed by atoms with Crippen molar-refractivity contribution in [2.45, 2.75) is 37.6 Å². The third-order valence-electron chi connectivity index (χ3n) is 2.66. The van der Waals surface area contributed by atoms with E-state index in [1.54, 1.807) is 5.54 Å². The molecule has 1 aliphatic heterocycles. The Morgan fingerprint density at radius 1 is 1.69 bits per heavy atom. The highest BCUT2D eigenvalue weighted by Crippen LogP contribution is 2.24. The molecule has 0 aromatic heterocycles. The lowest BCUT2D eigenvalue weighted by Crippen LogP contribution is -2.44. The second kappa shape index (κ2) is 5.38. The SMILES string of the molecule is C/C(=C\Cl)CN1CCCC(Br)C1C. The van der Waals surface area contributed by atoms with Gasteiger partial charge in [0.2, 0.25) is 0 Å². The van der Waals surface area contributed by atoms with Gasteiger partial charge < -0.3 is 0 Å². The van der Waals surface area contributed by atoms with Crippen molar-refractivity contribution < 1.29 is 0 Å². The molecule has 0 spiro atoms. The Balaban J connectivity index is 2.48. The molecule has 1 rings (SSSR count). The second-order valence-electron chi connectivity index (χ2n) is 3.82. The molecule has 1 heterocycles. The fourth-order valence-corrected chi connectivity index (χ4v) is 2.47. The molecule has 0 aromatic rings. The zero-order chi connectivity index (χ0) is 9.84. The van der Waals surface area contributed by atoms with Crippen LogP contribution in [-0.2, 0) is 0 Å². The Morgan fingerprint density at radius 2 is 2.38 bits per heavy atom. The molecule has 2 atom stereocenters. The highest BCUT2D eigenvalue weighted by atomic mass is 79.9. The summed E-state index contributed by atoms with van der Waals surface area (Å²) in [5.41, 5.74) is 2.93. The summed E-state index contributed by atoms with van der Waals surface area (Å²) in [5.74, 6) is 0. The minimum atomic E-state index is 0.625. The Hall–Kier alpha value is 0.470. The summed E-state index contributed by atoms with van der Waals surface area (Å²) in [5, 5.41) is 0. The molecule has 0 N–H and O–H groups in total. The van der Waals surface area contributed by atoms with Crippen LogP contribution in [0.1, 0.15) is 26.7 Å². The van der Waals surface area contributed by atoms with Crippen LogP contribution in [0, 0.1) is 0 Å². The number of alkyl halides is 1. The van der Waals surface area contributed by atoms with Crippen LogP contribution in [0.4, 0.5) is 0 Å². The van der Waals surface area contributed by atoms with Gasteiger partial charge in [-0.15, -0.1) is 0 Å². The van der Waals surface area contributed by atoms with Crippen molar-refractivity contribution in [3.05, 3.63) is 11.1 Å². The van der Waals surface area contributed by atoms with Crippen LogP contribution in [0.15, 0.2) is 11.1 Å². The monoisotopic (exact) mass is 265 g/mol. The predicted molar refractivity (Wildman–Crippen MR) is 62.6 cm³/mol. The molecular weight excluding hydrogens is 249 g/mol. The van der Waals surface area contributed by atoms with Gasteiger partial charge >= 0.3 is 0 Å². The van der Waals surface area contributed by atoms with E-state index in [4.69, 9.17) is 11.6 Å². The van der Waals surface area contributed by atoms with E-state index in [9.17, 15) is 0 Å². The van der Waals surface area contributed by atoms with Crippen molar-refractivity contribution in [1.29, 1.82) is 0 Å². The van der Waals surface area contributed by atoms with Crippen LogP contribution in [0.5, 0.6) is 0 Å². The van der Waals surface area contributed by atoms with Gasteiger partial charge in [-0.05, 0) is 38.8 Å². The number of likely N-dealkylation sites (tertiary alicyclic amines) is 1. The van der Waals surface area contributed by atoms with Gasteiger partial charge in [0, 0.05) is 22.9 Å². The third-order valence-corrected chi connectivity index (χ3v) is 4.26. The number of hydrogen-bond acceptors (Lipinski definition) is 1. The van der Waals surface area contributed by atoms with Crippen LogP contribution in [0.2, 0.25) is 0 Å². The Kier molecular flexibility index (Phi) is 4.77. The van der Waals surface area contributed by atoms with E-state index in [0.717, 1.165) is 6.54 Å². The van der Waals surface area contributed by atoms with E-state index in [2.05, 4.69) is 34.7 Å². The number of hydrogen-bond donors (Lipinski definition) is 0. The summed E-state index contributed by atoms with van der Waals surface area (Å²) >= 11 is 9.37. The minimum absolute atomic E-state index is 0.625. The van der Waals surface area contributed by atoms with E-state index in [1.807, 2.05) is 0 Å². The maximum atomic E-state index is 5.65. The summed E-state index contributed by atoms with van der Waals surface area (Å²) in [6.07, 6.45) is 2.58. The topological polar surface area (TPSA) is 3.24 Å². The van der Waals surface area contributed by atoms with Gasteiger partial charge in [0.15, 0.2) is 0 Å². The van der Waals surface area contributed by atoms with Crippen LogP contribution < -0.4 is 0 Å². The second-order valence-corrected chi connectivity index (χ2v) is 5.22. The first-order valence-corrected chi connectivity index (χ1v) is 6.14. The predicted octanol–water partition coefficient (Wildman–Crippen LogP) is 3.38. The van der Waals surface area contributed by atoms with Gasteiger partial charge in [-0.3, -0.25) is 4.90 Å². The van der Waals surface area contributed by atoms with Gasteiger partial charge in [-0.25, -0.2) is 0 Å². The minimum Gasteiger partial charge on any atom is -0.296 e. The highest BCUT2D eigenvalue weighted by molar-refractivity contribution is 9.09. The molecule has 1 fully saturated rings. The molecular formula is C10H17BrClN. The van der Waals surface area contributed by atoms with Crippen molar-refractivity contribution in [1.82, 2.24) is 4.90 Å². The van der Waals surface area contributed by atoms with Crippen molar-refractivity contribution in [3.8, 4) is 0 Å². The summed E-state index contributed by atoms with van der Waals surface area (Å²) < 4.78 is 0. The average molecular weight is 267 g/mol. The Bertz CT molecular complexity index is 193. The maximum Gasteiger partial charge on any atom is 0.0299 e. The van der Waals surface area contributed by atoms with E-state index < -0.39 is 0 Å². The summed E-state index contributed by atoms with van der Waals surface area (Å²) in [4.78, 5) is 3.13. The van der Waals surface area contributed by atoms with E-state index in [0.29, 0.717) is 10.9 Å². The molecule has 1 nitrogen and oxygen atoms in total. The molecule has 1 saturated heterocycles. The van der Waals surface area contributed by atoms with Gasteiger partial charge in [-0.2, -0.15) is 0 Å². The zero-order valence-corrected chi connectivity index (χ0v) is 10.6. The Labute approximate surface area is 94.3 Å². The highest BCUT2D eigenvalue weighted by Gasteiger charge is 2.25. The van der Waals surface area contributed by atoms with Gasteiger partial charge in [0.1, 0.15) is 0 Å². The lowest BCUT2D eigenvalue weighted by molar-refractivity contribution is 0.183. The van der Waals surface area contributed by atoms with E-state index in [-0.39, 0.29) is 0 Å². The molecule has 0 bridgehead atoms. The van der Waals surface area contributed by atoms with E-state index >= 15 is 0 Å². The number of piperidine rings is 1. The van der Waals surface area contributed by atoms with Gasteiger partial charge in [0.05, 0.1) is 0 Å². The molecule has 1 aliphatic rings. The van der Waals surface area contributed by atoms with Crippen molar-refractivity contribution in [2.75, 3.05) is 13.1 Å². The number of rotatable bonds is 2. The smallest absolute Gasteiger partial charge is 0.0299 e. The largest absolute Gasteiger partial charge is 0.296 e. The number of nitrogens with zero attached hydrogens (tertiary/aromatic N) is 1. The molecule has 0 saturated carbocycles. The lowest BCUT2D eigenvalue weighted by Gasteiger charge is -2.37. The quantitative estimate of drug-likeness (QED) is 0.693. The fraction of sp³-hybridized carbons (Fsp3) is 0.800. The molecule has 0 radical (unpaired) electrons. The molecule has 0 amide bonds. The first-order valence-electron chi connectivity index (χ1n) is 4.79.